The molecule has 0 radical (unpaired) electrons. The van der Waals surface area contributed by atoms with Gasteiger partial charge in [-0.25, -0.2) is 5.84 Å². The summed E-state index contributed by atoms with van der Waals surface area (Å²) in [5.74, 6) is 6.56. The van der Waals surface area contributed by atoms with Gasteiger partial charge in [0.15, 0.2) is 5.65 Å². The van der Waals surface area contributed by atoms with E-state index in [0.29, 0.717) is 11.6 Å². The maximum absolute atomic E-state index is 5.42. The van der Waals surface area contributed by atoms with Crippen LogP contribution < -0.4 is 16.2 Å². The number of nitrogen functional groups attached to an aromatic ring is 1. The van der Waals surface area contributed by atoms with Crippen LogP contribution in [0.15, 0.2) is 30.5 Å². The number of hydrazine groups is 1. The summed E-state index contributed by atoms with van der Waals surface area (Å²) in [6.07, 6.45) is 1.72. The first-order chi connectivity index (χ1) is 10.2. The van der Waals surface area contributed by atoms with Crippen molar-refractivity contribution in [1.29, 1.82) is 0 Å². The summed E-state index contributed by atoms with van der Waals surface area (Å²) in [7, 11) is 1.98. The fourth-order valence-corrected chi connectivity index (χ4v) is 2.22. The highest BCUT2D eigenvalue weighted by atomic mass is 15.3. The number of fused-ring (bicyclic) bond motifs is 1. The standard InChI is InChI=1S/C14H17N7/c1-9-3-5-10(6-4-9)8-21(2)13-11-7-16-20-12(11)17-14(18-13)19-15/h3-7H,8,15H2,1-2H3,(H2,16,17,18,19,20). The van der Waals surface area contributed by atoms with Crippen LogP contribution in [0.3, 0.4) is 0 Å². The highest BCUT2D eigenvalue weighted by molar-refractivity contribution is 5.87. The quantitative estimate of drug-likeness (QED) is 0.497. The Morgan fingerprint density at radius 2 is 2.00 bits per heavy atom. The number of aryl methyl sites for hydroxylation is 1. The molecule has 0 atom stereocenters. The lowest BCUT2D eigenvalue weighted by Gasteiger charge is -2.19. The third-order valence-electron chi connectivity index (χ3n) is 3.32. The van der Waals surface area contributed by atoms with E-state index in [1.54, 1.807) is 6.20 Å². The first kappa shape index (κ1) is 13.3. The normalized spacial score (nSPS) is 10.8. The summed E-state index contributed by atoms with van der Waals surface area (Å²) in [6.45, 7) is 2.81. The minimum absolute atomic E-state index is 0.359. The molecule has 108 valence electrons. The predicted octanol–water partition coefficient (Wildman–Crippen LogP) is 1.58. The number of benzene rings is 1. The van der Waals surface area contributed by atoms with Crippen LogP contribution >= 0.6 is 0 Å². The van der Waals surface area contributed by atoms with Crippen molar-refractivity contribution in [2.45, 2.75) is 13.5 Å². The van der Waals surface area contributed by atoms with E-state index in [0.717, 1.165) is 17.7 Å². The van der Waals surface area contributed by atoms with Crippen LogP contribution in [0.2, 0.25) is 0 Å². The minimum atomic E-state index is 0.359. The van der Waals surface area contributed by atoms with Crippen LogP contribution in [0.25, 0.3) is 11.0 Å². The number of nitrogens with zero attached hydrogens (tertiary/aromatic N) is 4. The Morgan fingerprint density at radius 1 is 1.24 bits per heavy atom. The predicted molar refractivity (Wildman–Crippen MR) is 82.8 cm³/mol. The van der Waals surface area contributed by atoms with Crippen molar-refractivity contribution in [2.75, 3.05) is 17.4 Å². The van der Waals surface area contributed by atoms with Crippen molar-refractivity contribution in [2.24, 2.45) is 5.84 Å². The number of anilines is 2. The Kier molecular flexibility index (Phi) is 3.41. The highest BCUT2D eigenvalue weighted by Crippen LogP contribution is 2.24. The molecule has 2 aromatic heterocycles. The summed E-state index contributed by atoms with van der Waals surface area (Å²) in [6, 6.07) is 8.43. The molecule has 3 rings (SSSR count). The van der Waals surface area contributed by atoms with E-state index < -0.39 is 0 Å². The third kappa shape index (κ3) is 2.63. The lowest BCUT2D eigenvalue weighted by Crippen LogP contribution is -2.20. The van der Waals surface area contributed by atoms with Gasteiger partial charge < -0.3 is 4.90 Å². The zero-order chi connectivity index (χ0) is 14.8. The van der Waals surface area contributed by atoms with Crippen molar-refractivity contribution in [3.63, 3.8) is 0 Å². The molecule has 2 heterocycles. The molecule has 0 spiro atoms. The van der Waals surface area contributed by atoms with Gasteiger partial charge in [0.25, 0.3) is 0 Å². The molecule has 0 fully saturated rings. The van der Waals surface area contributed by atoms with Gasteiger partial charge in [0.05, 0.1) is 11.6 Å². The van der Waals surface area contributed by atoms with Gasteiger partial charge >= 0.3 is 0 Å². The molecule has 0 amide bonds. The molecule has 0 saturated carbocycles. The van der Waals surface area contributed by atoms with Crippen molar-refractivity contribution in [1.82, 2.24) is 20.2 Å². The van der Waals surface area contributed by atoms with E-state index in [1.807, 2.05) is 11.9 Å². The fourth-order valence-electron chi connectivity index (χ4n) is 2.22. The molecule has 0 bridgehead atoms. The number of rotatable bonds is 4. The maximum Gasteiger partial charge on any atom is 0.241 e. The molecule has 0 aliphatic heterocycles. The van der Waals surface area contributed by atoms with Gasteiger partial charge in [0.1, 0.15) is 5.82 Å². The lowest BCUT2D eigenvalue weighted by atomic mass is 10.1. The smallest absolute Gasteiger partial charge is 0.241 e. The van der Waals surface area contributed by atoms with Gasteiger partial charge in [0.2, 0.25) is 5.95 Å². The first-order valence-corrected chi connectivity index (χ1v) is 6.62. The van der Waals surface area contributed by atoms with E-state index in [9.17, 15) is 0 Å². The SMILES string of the molecule is Cc1ccc(CN(C)c2nc(NN)nc3[nH]ncc23)cc1. The Balaban J connectivity index is 1.94. The van der Waals surface area contributed by atoms with Crippen LogP contribution in [0, 0.1) is 6.92 Å². The molecule has 0 aliphatic carbocycles. The van der Waals surface area contributed by atoms with Gasteiger partial charge in [-0.05, 0) is 12.5 Å². The molecule has 3 aromatic rings. The maximum atomic E-state index is 5.42. The second kappa shape index (κ2) is 5.37. The van der Waals surface area contributed by atoms with Crippen LogP contribution in [0.5, 0.6) is 0 Å². The van der Waals surface area contributed by atoms with E-state index in [4.69, 9.17) is 5.84 Å². The first-order valence-electron chi connectivity index (χ1n) is 6.62. The van der Waals surface area contributed by atoms with Crippen LogP contribution in [0.1, 0.15) is 11.1 Å². The van der Waals surface area contributed by atoms with Crippen LogP contribution in [-0.2, 0) is 6.54 Å². The lowest BCUT2D eigenvalue weighted by molar-refractivity contribution is 0.899. The highest BCUT2D eigenvalue weighted by Gasteiger charge is 2.13. The molecule has 4 N–H and O–H groups in total. The van der Waals surface area contributed by atoms with Crippen LogP contribution in [0.4, 0.5) is 11.8 Å². The van der Waals surface area contributed by atoms with E-state index in [2.05, 4.69) is 56.8 Å². The van der Waals surface area contributed by atoms with Crippen molar-refractivity contribution < 1.29 is 0 Å². The Labute approximate surface area is 122 Å². The zero-order valence-electron chi connectivity index (χ0n) is 12.0. The summed E-state index contributed by atoms with van der Waals surface area (Å²) < 4.78 is 0. The second-order valence-corrected chi connectivity index (χ2v) is 4.99. The van der Waals surface area contributed by atoms with Gasteiger partial charge in [0, 0.05) is 13.6 Å². The molecule has 0 aliphatic rings. The largest absolute Gasteiger partial charge is 0.355 e. The summed E-state index contributed by atoms with van der Waals surface area (Å²) in [5.41, 5.74) is 5.59. The number of hydrogen-bond donors (Lipinski definition) is 3. The fraction of sp³-hybridized carbons (Fsp3) is 0.214. The number of H-pyrrole nitrogens is 1. The second-order valence-electron chi connectivity index (χ2n) is 4.99. The molecule has 7 nitrogen and oxygen atoms in total. The topological polar surface area (TPSA) is 95.8 Å². The average molecular weight is 283 g/mol. The molecular weight excluding hydrogens is 266 g/mol. The van der Waals surface area contributed by atoms with Gasteiger partial charge in [-0.15, -0.1) is 0 Å². The minimum Gasteiger partial charge on any atom is -0.355 e. The summed E-state index contributed by atoms with van der Waals surface area (Å²) in [5, 5.41) is 7.72. The molecule has 0 unspecified atom stereocenters. The molecule has 0 saturated heterocycles. The van der Waals surface area contributed by atoms with Gasteiger partial charge in [-0.1, -0.05) is 29.8 Å². The van der Waals surface area contributed by atoms with E-state index in [1.165, 1.54) is 11.1 Å². The monoisotopic (exact) mass is 283 g/mol. The Bertz CT molecular complexity index is 748. The van der Waals surface area contributed by atoms with Crippen molar-refractivity contribution >= 4 is 22.8 Å². The zero-order valence-corrected chi connectivity index (χ0v) is 12.0. The number of aromatic amines is 1. The summed E-state index contributed by atoms with van der Waals surface area (Å²) >= 11 is 0. The van der Waals surface area contributed by atoms with Gasteiger partial charge in [-0.2, -0.15) is 15.1 Å². The molecule has 7 heteroatoms. The Hall–Kier alpha value is -2.67. The summed E-state index contributed by atoms with van der Waals surface area (Å²) in [4.78, 5) is 10.7. The number of nitrogens with one attached hydrogen (secondary N) is 2. The molecule has 1 aromatic carbocycles. The number of aromatic nitrogens is 4. The third-order valence-corrected chi connectivity index (χ3v) is 3.32. The van der Waals surface area contributed by atoms with Crippen molar-refractivity contribution in [3.05, 3.63) is 41.6 Å². The number of nitrogens with two attached hydrogens (primary N) is 1. The molecule has 21 heavy (non-hydrogen) atoms. The molecular formula is C14H17N7. The average Bonchev–Trinajstić information content (AvgIpc) is 2.96. The van der Waals surface area contributed by atoms with E-state index in [-0.39, 0.29) is 0 Å². The van der Waals surface area contributed by atoms with Crippen LogP contribution in [-0.4, -0.2) is 27.2 Å². The van der Waals surface area contributed by atoms with Crippen molar-refractivity contribution in [3.8, 4) is 0 Å². The van der Waals surface area contributed by atoms with E-state index >= 15 is 0 Å². The Morgan fingerprint density at radius 3 is 2.71 bits per heavy atom. The van der Waals surface area contributed by atoms with Gasteiger partial charge in [-0.3, -0.25) is 10.5 Å². The number of hydrogen-bond acceptors (Lipinski definition) is 6.